The van der Waals surface area contributed by atoms with Crippen LogP contribution >= 0.6 is 0 Å². The minimum absolute atomic E-state index is 0.718. The van der Waals surface area contributed by atoms with Gasteiger partial charge in [-0.1, -0.05) is 13.3 Å². The van der Waals surface area contributed by atoms with Gasteiger partial charge in [0.15, 0.2) is 0 Å². The van der Waals surface area contributed by atoms with Crippen LogP contribution in [0.2, 0.25) is 0 Å². The third-order valence-corrected chi connectivity index (χ3v) is 3.83. The normalized spacial score (nSPS) is 40.6. The molecule has 0 bridgehead atoms. The van der Waals surface area contributed by atoms with Gasteiger partial charge in [-0.05, 0) is 31.1 Å². The number of hydrogen-bond acceptors (Lipinski definition) is 2. The predicted molar refractivity (Wildman–Crippen MR) is 55.5 cm³/mol. The van der Waals surface area contributed by atoms with Gasteiger partial charge in [-0.2, -0.15) is 0 Å². The van der Waals surface area contributed by atoms with Crippen LogP contribution in [0.25, 0.3) is 0 Å². The fraction of sp³-hybridized carbons (Fsp3) is 1.00. The maximum atomic E-state index is 5.68. The summed E-state index contributed by atoms with van der Waals surface area (Å²) < 4.78 is 0. The van der Waals surface area contributed by atoms with Gasteiger partial charge in [-0.15, -0.1) is 0 Å². The van der Waals surface area contributed by atoms with Crippen LogP contribution in [0.5, 0.6) is 0 Å². The average Bonchev–Trinajstić information content (AvgIpc) is 2.46. The first kappa shape index (κ1) is 9.47. The van der Waals surface area contributed by atoms with Gasteiger partial charge in [0.2, 0.25) is 0 Å². The van der Waals surface area contributed by atoms with E-state index in [1.165, 1.54) is 38.8 Å². The van der Waals surface area contributed by atoms with Gasteiger partial charge in [0.25, 0.3) is 0 Å². The molecule has 1 aliphatic heterocycles. The summed E-state index contributed by atoms with van der Waals surface area (Å²) in [6.45, 7) is 5.87. The minimum atomic E-state index is 0.718. The molecule has 0 amide bonds. The number of likely N-dealkylation sites (tertiary alicyclic amines) is 1. The Balaban J connectivity index is 1.72. The van der Waals surface area contributed by atoms with Crippen LogP contribution in [0.15, 0.2) is 0 Å². The second-order valence-electron chi connectivity index (χ2n) is 4.96. The van der Waals surface area contributed by atoms with Gasteiger partial charge in [0.1, 0.15) is 0 Å². The lowest BCUT2D eigenvalue weighted by atomic mass is 9.98. The molecular weight excluding hydrogens is 160 g/mol. The molecule has 1 saturated carbocycles. The van der Waals surface area contributed by atoms with E-state index in [4.69, 9.17) is 5.73 Å². The van der Waals surface area contributed by atoms with E-state index in [0.717, 1.165) is 24.4 Å². The van der Waals surface area contributed by atoms with Crippen molar-refractivity contribution in [3.8, 4) is 0 Å². The molecule has 76 valence electrons. The summed E-state index contributed by atoms with van der Waals surface area (Å²) in [6, 6.07) is 0.718. The number of nitrogens with zero attached hydrogens (tertiary/aromatic N) is 1. The van der Waals surface area contributed by atoms with Crippen LogP contribution in [-0.4, -0.2) is 30.6 Å². The SMILES string of the molecule is CC1CCC(CN2CCC2CN)C1. The molecule has 1 aliphatic carbocycles. The molecule has 0 radical (unpaired) electrons. The molecule has 2 N–H and O–H groups in total. The van der Waals surface area contributed by atoms with E-state index in [9.17, 15) is 0 Å². The molecule has 3 atom stereocenters. The van der Waals surface area contributed by atoms with Gasteiger partial charge < -0.3 is 5.73 Å². The Hall–Kier alpha value is -0.0800. The van der Waals surface area contributed by atoms with Crippen LogP contribution in [0.3, 0.4) is 0 Å². The molecule has 2 aliphatic rings. The third kappa shape index (κ3) is 2.05. The maximum Gasteiger partial charge on any atom is 0.0230 e. The van der Waals surface area contributed by atoms with E-state index in [1.807, 2.05) is 0 Å². The smallest absolute Gasteiger partial charge is 0.0230 e. The summed E-state index contributed by atoms with van der Waals surface area (Å²) in [5, 5.41) is 0. The standard InChI is InChI=1S/C11H22N2/c1-9-2-3-10(6-9)8-13-5-4-11(13)7-12/h9-11H,2-8,12H2,1H3. The van der Waals surface area contributed by atoms with Crippen molar-refractivity contribution in [3.63, 3.8) is 0 Å². The molecule has 2 fully saturated rings. The minimum Gasteiger partial charge on any atom is -0.329 e. The van der Waals surface area contributed by atoms with Gasteiger partial charge >= 0.3 is 0 Å². The second-order valence-corrected chi connectivity index (χ2v) is 4.96. The van der Waals surface area contributed by atoms with E-state index >= 15 is 0 Å². The maximum absolute atomic E-state index is 5.68. The Morgan fingerprint density at radius 3 is 2.62 bits per heavy atom. The van der Waals surface area contributed by atoms with E-state index in [-0.39, 0.29) is 0 Å². The van der Waals surface area contributed by atoms with Crippen molar-refractivity contribution in [1.82, 2.24) is 4.90 Å². The highest BCUT2D eigenvalue weighted by Gasteiger charge is 2.30. The van der Waals surface area contributed by atoms with Crippen molar-refractivity contribution in [1.29, 1.82) is 0 Å². The fourth-order valence-electron chi connectivity index (χ4n) is 2.82. The zero-order chi connectivity index (χ0) is 9.26. The lowest BCUT2D eigenvalue weighted by molar-refractivity contribution is 0.0771. The molecule has 0 aromatic heterocycles. The Morgan fingerprint density at radius 2 is 2.15 bits per heavy atom. The highest BCUT2D eigenvalue weighted by atomic mass is 15.2. The van der Waals surface area contributed by atoms with Gasteiger partial charge in [-0.3, -0.25) is 4.90 Å². The highest BCUT2D eigenvalue weighted by molar-refractivity contribution is 4.86. The van der Waals surface area contributed by atoms with Crippen molar-refractivity contribution >= 4 is 0 Å². The molecule has 0 spiro atoms. The average molecular weight is 182 g/mol. The number of rotatable bonds is 3. The Kier molecular flexibility index (Phi) is 2.89. The summed E-state index contributed by atoms with van der Waals surface area (Å²) in [6.07, 6.45) is 5.69. The van der Waals surface area contributed by atoms with Crippen molar-refractivity contribution in [3.05, 3.63) is 0 Å². The van der Waals surface area contributed by atoms with Crippen LogP contribution in [0.4, 0.5) is 0 Å². The van der Waals surface area contributed by atoms with Crippen molar-refractivity contribution < 1.29 is 0 Å². The monoisotopic (exact) mass is 182 g/mol. The number of hydrogen-bond donors (Lipinski definition) is 1. The fourth-order valence-corrected chi connectivity index (χ4v) is 2.82. The van der Waals surface area contributed by atoms with Crippen molar-refractivity contribution in [2.45, 2.75) is 38.6 Å². The van der Waals surface area contributed by atoms with Gasteiger partial charge in [0.05, 0.1) is 0 Å². The zero-order valence-electron chi connectivity index (χ0n) is 8.71. The summed E-state index contributed by atoms with van der Waals surface area (Å²) in [7, 11) is 0. The Morgan fingerprint density at radius 1 is 1.31 bits per heavy atom. The summed E-state index contributed by atoms with van der Waals surface area (Å²) in [5.41, 5.74) is 5.68. The zero-order valence-corrected chi connectivity index (χ0v) is 8.71. The van der Waals surface area contributed by atoms with E-state index in [1.54, 1.807) is 0 Å². The second kappa shape index (κ2) is 3.97. The van der Waals surface area contributed by atoms with Gasteiger partial charge in [0, 0.05) is 25.7 Å². The lowest BCUT2D eigenvalue weighted by Gasteiger charge is -2.41. The molecule has 3 unspecified atom stereocenters. The van der Waals surface area contributed by atoms with Crippen LogP contribution in [-0.2, 0) is 0 Å². The summed E-state index contributed by atoms with van der Waals surface area (Å²) >= 11 is 0. The molecular formula is C11H22N2. The molecule has 0 aromatic rings. The molecule has 1 saturated heterocycles. The Bertz CT molecular complexity index is 167. The van der Waals surface area contributed by atoms with E-state index in [2.05, 4.69) is 11.8 Å². The molecule has 2 heteroatoms. The summed E-state index contributed by atoms with van der Waals surface area (Å²) in [5.74, 6) is 1.95. The summed E-state index contributed by atoms with van der Waals surface area (Å²) in [4.78, 5) is 2.59. The van der Waals surface area contributed by atoms with Crippen LogP contribution in [0.1, 0.15) is 32.6 Å². The van der Waals surface area contributed by atoms with E-state index < -0.39 is 0 Å². The molecule has 1 heterocycles. The van der Waals surface area contributed by atoms with Crippen molar-refractivity contribution in [2.75, 3.05) is 19.6 Å². The third-order valence-electron chi connectivity index (χ3n) is 3.83. The first-order valence-electron chi connectivity index (χ1n) is 5.73. The Labute approximate surface area is 81.5 Å². The lowest BCUT2D eigenvalue weighted by Crippen LogP contribution is -2.53. The largest absolute Gasteiger partial charge is 0.329 e. The molecule has 2 rings (SSSR count). The predicted octanol–water partition coefficient (Wildman–Crippen LogP) is 1.46. The molecule has 2 nitrogen and oxygen atoms in total. The quantitative estimate of drug-likeness (QED) is 0.716. The molecule has 0 aromatic carbocycles. The van der Waals surface area contributed by atoms with Crippen LogP contribution in [0, 0.1) is 11.8 Å². The highest BCUT2D eigenvalue weighted by Crippen LogP contribution is 2.32. The number of nitrogens with two attached hydrogens (primary N) is 1. The van der Waals surface area contributed by atoms with E-state index in [0.29, 0.717) is 0 Å². The van der Waals surface area contributed by atoms with Crippen molar-refractivity contribution in [2.24, 2.45) is 17.6 Å². The topological polar surface area (TPSA) is 29.3 Å². The molecule has 13 heavy (non-hydrogen) atoms. The first-order valence-corrected chi connectivity index (χ1v) is 5.73. The van der Waals surface area contributed by atoms with Gasteiger partial charge in [-0.25, -0.2) is 0 Å². The van der Waals surface area contributed by atoms with Crippen LogP contribution < -0.4 is 5.73 Å². The first-order chi connectivity index (χ1) is 6.29.